The number of sulfonamides is 1. The molecule has 1 saturated carbocycles. The second-order valence-electron chi connectivity index (χ2n) is 5.68. The molecule has 0 N–H and O–H groups in total. The highest BCUT2D eigenvalue weighted by molar-refractivity contribution is 9.10. The maximum Gasteiger partial charge on any atom is 0.263 e. The zero-order valence-corrected chi connectivity index (χ0v) is 13.9. The minimum absolute atomic E-state index is 0.157. The predicted molar refractivity (Wildman–Crippen MR) is 77.6 cm³/mol. The Kier molecular flexibility index (Phi) is 3.89. The first-order chi connectivity index (χ1) is 9.51. The van der Waals surface area contributed by atoms with Crippen LogP contribution in [0.2, 0.25) is 0 Å². The zero-order chi connectivity index (χ0) is 14.3. The van der Waals surface area contributed by atoms with Crippen molar-refractivity contribution in [3.63, 3.8) is 0 Å². The van der Waals surface area contributed by atoms with Crippen LogP contribution in [-0.4, -0.2) is 40.3 Å². The molecule has 1 aliphatic carbocycles. The van der Waals surface area contributed by atoms with Gasteiger partial charge in [0.1, 0.15) is 0 Å². The third-order valence-electron chi connectivity index (χ3n) is 4.48. The molecule has 20 heavy (non-hydrogen) atoms. The molecular weight excluding hydrogens is 344 g/mol. The van der Waals surface area contributed by atoms with E-state index in [1.807, 2.05) is 0 Å². The summed E-state index contributed by atoms with van der Waals surface area (Å²) in [6.45, 7) is 0.612. The third-order valence-corrected chi connectivity index (χ3v) is 7.30. The smallest absolute Gasteiger partial charge is 0.235 e. The number of aryl methyl sites for hydroxylation is 1. The molecule has 0 aromatic carbocycles. The van der Waals surface area contributed by atoms with Crippen LogP contribution in [0.25, 0.3) is 0 Å². The van der Waals surface area contributed by atoms with Gasteiger partial charge in [-0.05, 0) is 47.5 Å². The SMILES string of the molecule is Cn1nnc(Br)c1S(=O)(=O)N1CCCC1C1CCCC1. The normalized spacial score (nSPS) is 25.6. The fraction of sp³-hybridized carbons (Fsp3) is 0.833. The number of halogens is 1. The molecule has 1 saturated heterocycles. The van der Waals surface area contributed by atoms with Crippen molar-refractivity contribution in [3.05, 3.63) is 4.60 Å². The predicted octanol–water partition coefficient (Wildman–Crippen LogP) is 1.92. The van der Waals surface area contributed by atoms with Crippen LogP contribution in [-0.2, 0) is 17.1 Å². The van der Waals surface area contributed by atoms with Gasteiger partial charge in [0, 0.05) is 19.6 Å². The lowest BCUT2D eigenvalue weighted by molar-refractivity contribution is 0.286. The molecule has 3 rings (SSSR count). The fourth-order valence-corrected chi connectivity index (χ4v) is 6.38. The van der Waals surface area contributed by atoms with Gasteiger partial charge in [-0.2, -0.15) is 4.31 Å². The number of hydrogen-bond acceptors (Lipinski definition) is 4. The van der Waals surface area contributed by atoms with E-state index >= 15 is 0 Å². The van der Waals surface area contributed by atoms with Crippen molar-refractivity contribution in [2.45, 2.75) is 49.6 Å². The first-order valence-electron chi connectivity index (χ1n) is 7.09. The Balaban J connectivity index is 1.94. The number of hydrogen-bond donors (Lipinski definition) is 0. The maximum atomic E-state index is 12.9. The molecule has 6 nitrogen and oxygen atoms in total. The van der Waals surface area contributed by atoms with E-state index in [2.05, 4.69) is 26.2 Å². The van der Waals surface area contributed by atoms with Crippen molar-refractivity contribution in [2.24, 2.45) is 13.0 Å². The van der Waals surface area contributed by atoms with Gasteiger partial charge >= 0.3 is 0 Å². The van der Waals surface area contributed by atoms with E-state index in [0.717, 1.165) is 25.7 Å². The maximum absolute atomic E-state index is 12.9. The molecule has 8 heteroatoms. The average molecular weight is 363 g/mol. The average Bonchev–Trinajstić information content (AvgIpc) is 3.08. The molecule has 1 atom stereocenters. The second kappa shape index (κ2) is 5.38. The van der Waals surface area contributed by atoms with Gasteiger partial charge in [-0.1, -0.05) is 18.1 Å². The Morgan fingerprint density at radius 2 is 1.90 bits per heavy atom. The summed E-state index contributed by atoms with van der Waals surface area (Å²) < 4.78 is 29.1. The molecule has 2 heterocycles. The standard InChI is InChI=1S/C12H19BrN4O2S/c1-16-12(11(13)14-15-16)20(18,19)17-8-4-7-10(17)9-5-2-3-6-9/h9-10H,2-8H2,1H3. The van der Waals surface area contributed by atoms with Crippen LogP contribution in [0.3, 0.4) is 0 Å². The summed E-state index contributed by atoms with van der Waals surface area (Å²) in [6.07, 6.45) is 6.69. The van der Waals surface area contributed by atoms with Crippen LogP contribution < -0.4 is 0 Å². The molecule has 1 aliphatic heterocycles. The van der Waals surface area contributed by atoms with Gasteiger partial charge in [0.15, 0.2) is 4.60 Å². The number of rotatable bonds is 3. The van der Waals surface area contributed by atoms with E-state index in [4.69, 9.17) is 0 Å². The van der Waals surface area contributed by atoms with Crippen molar-refractivity contribution in [1.82, 2.24) is 19.3 Å². The number of aromatic nitrogens is 3. The molecule has 1 aromatic rings. The molecule has 0 spiro atoms. The van der Waals surface area contributed by atoms with E-state index in [1.54, 1.807) is 11.4 Å². The number of nitrogens with zero attached hydrogens (tertiary/aromatic N) is 4. The molecule has 2 fully saturated rings. The highest BCUT2D eigenvalue weighted by atomic mass is 79.9. The summed E-state index contributed by atoms with van der Waals surface area (Å²) in [6, 6.07) is 0.157. The van der Waals surface area contributed by atoms with Crippen molar-refractivity contribution in [3.8, 4) is 0 Å². The summed E-state index contributed by atoms with van der Waals surface area (Å²) in [5.74, 6) is 0.521. The zero-order valence-electron chi connectivity index (χ0n) is 11.5. The highest BCUT2D eigenvalue weighted by Gasteiger charge is 2.42. The van der Waals surface area contributed by atoms with Crippen molar-refractivity contribution in [1.29, 1.82) is 0 Å². The Bertz CT molecular complexity index is 575. The van der Waals surface area contributed by atoms with Crippen molar-refractivity contribution >= 4 is 26.0 Å². The van der Waals surface area contributed by atoms with Crippen LogP contribution in [0.15, 0.2) is 9.63 Å². The quantitative estimate of drug-likeness (QED) is 0.823. The minimum atomic E-state index is -3.52. The van der Waals surface area contributed by atoms with Crippen molar-refractivity contribution in [2.75, 3.05) is 6.54 Å². The van der Waals surface area contributed by atoms with Gasteiger partial charge in [0.25, 0.3) is 10.0 Å². The first kappa shape index (κ1) is 14.5. The molecule has 1 unspecified atom stereocenters. The lowest BCUT2D eigenvalue weighted by Crippen LogP contribution is -2.40. The van der Waals surface area contributed by atoms with E-state index in [9.17, 15) is 8.42 Å². The van der Waals surface area contributed by atoms with Gasteiger partial charge in [-0.15, -0.1) is 5.10 Å². The minimum Gasteiger partial charge on any atom is -0.235 e. The van der Waals surface area contributed by atoms with E-state index in [-0.39, 0.29) is 11.1 Å². The van der Waals surface area contributed by atoms with Crippen molar-refractivity contribution < 1.29 is 8.42 Å². The van der Waals surface area contributed by atoms with E-state index < -0.39 is 10.0 Å². The Morgan fingerprint density at radius 1 is 1.20 bits per heavy atom. The summed E-state index contributed by atoms with van der Waals surface area (Å²) >= 11 is 3.20. The van der Waals surface area contributed by atoms with E-state index in [1.165, 1.54) is 17.5 Å². The van der Waals surface area contributed by atoms with Crippen LogP contribution in [0.1, 0.15) is 38.5 Å². The highest BCUT2D eigenvalue weighted by Crippen LogP contribution is 2.38. The summed E-state index contributed by atoms with van der Waals surface area (Å²) in [7, 11) is -1.90. The Morgan fingerprint density at radius 3 is 2.50 bits per heavy atom. The largest absolute Gasteiger partial charge is 0.263 e. The first-order valence-corrected chi connectivity index (χ1v) is 9.32. The molecule has 112 valence electrons. The summed E-state index contributed by atoms with van der Waals surface area (Å²) in [5, 5.41) is 7.76. The summed E-state index contributed by atoms with van der Waals surface area (Å²) in [5.41, 5.74) is 0. The van der Waals surface area contributed by atoms with Crippen LogP contribution in [0.4, 0.5) is 0 Å². The van der Waals surface area contributed by atoms with E-state index in [0.29, 0.717) is 17.1 Å². The third kappa shape index (κ3) is 2.31. The molecular formula is C12H19BrN4O2S. The lowest BCUT2D eigenvalue weighted by Gasteiger charge is -2.28. The lowest BCUT2D eigenvalue weighted by atomic mass is 9.97. The van der Waals surface area contributed by atoms with Gasteiger partial charge in [0.05, 0.1) is 0 Å². The fourth-order valence-electron chi connectivity index (χ4n) is 3.59. The molecule has 1 aromatic heterocycles. The van der Waals surface area contributed by atoms with Crippen LogP contribution in [0.5, 0.6) is 0 Å². The van der Waals surface area contributed by atoms with Gasteiger partial charge in [0.2, 0.25) is 5.03 Å². The van der Waals surface area contributed by atoms with Crippen LogP contribution >= 0.6 is 15.9 Å². The van der Waals surface area contributed by atoms with Crippen LogP contribution in [0, 0.1) is 5.92 Å². The molecule has 0 amide bonds. The Labute approximate surface area is 127 Å². The molecule has 0 radical (unpaired) electrons. The molecule has 0 bridgehead atoms. The van der Waals surface area contributed by atoms with Gasteiger partial charge in [-0.3, -0.25) is 0 Å². The second-order valence-corrected chi connectivity index (χ2v) is 8.24. The topological polar surface area (TPSA) is 68.1 Å². The Hall–Kier alpha value is -0.470. The van der Waals surface area contributed by atoms with Gasteiger partial charge in [-0.25, -0.2) is 13.1 Å². The van der Waals surface area contributed by atoms with Gasteiger partial charge < -0.3 is 0 Å². The summed E-state index contributed by atoms with van der Waals surface area (Å²) in [4.78, 5) is 0. The molecule has 2 aliphatic rings. The monoisotopic (exact) mass is 362 g/mol.